The van der Waals surface area contributed by atoms with Crippen molar-refractivity contribution in [3.8, 4) is 0 Å². The van der Waals surface area contributed by atoms with Gasteiger partial charge in [-0.2, -0.15) is 0 Å². The monoisotopic (exact) mass is 434 g/mol. The summed E-state index contributed by atoms with van der Waals surface area (Å²) in [6.07, 6.45) is 1.31. The van der Waals surface area contributed by atoms with Crippen molar-refractivity contribution in [2.45, 2.75) is 31.6 Å². The number of nitrogens with one attached hydrogen (secondary N) is 1. The van der Waals surface area contributed by atoms with Gasteiger partial charge in [0.25, 0.3) is 0 Å². The molecule has 2 atom stereocenters. The van der Waals surface area contributed by atoms with Crippen LogP contribution in [0.15, 0.2) is 74.9 Å². The second kappa shape index (κ2) is 6.74. The smallest absolute Gasteiger partial charge is 0.233 e. The van der Waals surface area contributed by atoms with Crippen LogP contribution in [-0.4, -0.2) is 10.9 Å². The van der Waals surface area contributed by atoms with E-state index in [2.05, 4.69) is 50.7 Å². The zero-order valence-corrected chi connectivity index (χ0v) is 17.0. The molecule has 1 aliphatic carbocycles. The summed E-state index contributed by atoms with van der Waals surface area (Å²) >= 11 is 3.57. The van der Waals surface area contributed by atoms with Crippen molar-refractivity contribution in [2.75, 3.05) is 5.32 Å². The highest BCUT2D eigenvalue weighted by Gasteiger charge is 2.41. The molecule has 0 unspecified atom stereocenters. The van der Waals surface area contributed by atoms with Gasteiger partial charge in [-0.3, -0.25) is 4.79 Å². The topological polar surface area (TPSA) is 55.1 Å². The van der Waals surface area contributed by atoms with Gasteiger partial charge in [0.15, 0.2) is 5.78 Å². The van der Waals surface area contributed by atoms with Crippen LogP contribution in [-0.2, 0) is 4.79 Å². The van der Waals surface area contributed by atoms with Crippen LogP contribution in [0.1, 0.15) is 47.1 Å². The maximum atomic E-state index is 13.4. The lowest BCUT2D eigenvalue weighted by Gasteiger charge is -2.34. The summed E-state index contributed by atoms with van der Waals surface area (Å²) in [4.78, 5) is 13.4. The second-order valence-electron chi connectivity index (χ2n) is 7.46. The number of allylic oxidation sites excluding steroid dienone is 2. The molecular weight excluding hydrogens is 416 g/mol. The molecule has 4 nitrogen and oxygen atoms in total. The molecule has 3 aromatic rings. The molecule has 140 valence electrons. The lowest BCUT2D eigenvalue weighted by atomic mass is 9.72. The predicted octanol–water partition coefficient (Wildman–Crippen LogP) is 5.70. The largest absolute Gasteiger partial charge is 0.338 e. The number of rotatable bonds is 2. The number of nitrogens with zero attached hydrogens (tertiary/aromatic N) is 1. The fourth-order valence-corrected chi connectivity index (χ4v) is 4.87. The van der Waals surface area contributed by atoms with Crippen molar-refractivity contribution in [1.29, 1.82) is 0 Å². The number of hydrogen-bond acceptors (Lipinski definition) is 4. The number of aryl methyl sites for hydroxylation is 1. The number of benzene rings is 2. The first kappa shape index (κ1) is 17.4. The molecule has 2 aliphatic rings. The fourth-order valence-electron chi connectivity index (χ4n) is 4.45. The summed E-state index contributed by atoms with van der Waals surface area (Å²) in [5.74, 6) is 0.870. The number of carbonyl (C=O) groups is 1. The van der Waals surface area contributed by atoms with Crippen LogP contribution in [0.5, 0.6) is 0 Å². The SMILES string of the molecule is Cc1noc2c1[C@H](c1cccc(Br)c1)C1=C(C[C@H](c3ccccc3)CC1=O)N2. The Hall–Kier alpha value is -2.66. The molecule has 0 bridgehead atoms. The number of carbonyl (C=O) groups excluding carboxylic acids is 1. The first-order chi connectivity index (χ1) is 13.6. The highest BCUT2D eigenvalue weighted by molar-refractivity contribution is 9.10. The molecule has 2 heterocycles. The van der Waals surface area contributed by atoms with Gasteiger partial charge in [0.05, 0.1) is 11.3 Å². The van der Waals surface area contributed by atoms with Crippen LogP contribution in [0.3, 0.4) is 0 Å². The summed E-state index contributed by atoms with van der Waals surface area (Å²) in [5.41, 5.74) is 5.85. The normalized spacial score (nSPS) is 21.1. The van der Waals surface area contributed by atoms with Crippen LogP contribution >= 0.6 is 15.9 Å². The summed E-state index contributed by atoms with van der Waals surface area (Å²) in [7, 11) is 0. The van der Waals surface area contributed by atoms with Crippen LogP contribution in [0.25, 0.3) is 0 Å². The van der Waals surface area contributed by atoms with E-state index >= 15 is 0 Å². The molecule has 1 aliphatic heterocycles. The lowest BCUT2D eigenvalue weighted by Crippen LogP contribution is -2.29. The first-order valence-electron chi connectivity index (χ1n) is 9.41. The zero-order valence-electron chi connectivity index (χ0n) is 15.4. The van der Waals surface area contributed by atoms with Gasteiger partial charge < -0.3 is 9.84 Å². The van der Waals surface area contributed by atoms with Gasteiger partial charge in [-0.1, -0.05) is 63.6 Å². The van der Waals surface area contributed by atoms with Gasteiger partial charge in [-0.25, -0.2) is 0 Å². The molecular formula is C23H19BrN2O2. The average Bonchev–Trinajstić information content (AvgIpc) is 3.07. The molecule has 1 aromatic heterocycles. The Morgan fingerprint density at radius 2 is 1.86 bits per heavy atom. The zero-order chi connectivity index (χ0) is 19.3. The maximum absolute atomic E-state index is 13.4. The molecule has 0 saturated carbocycles. The van der Waals surface area contributed by atoms with Crippen molar-refractivity contribution >= 4 is 27.6 Å². The van der Waals surface area contributed by atoms with Gasteiger partial charge >= 0.3 is 0 Å². The maximum Gasteiger partial charge on any atom is 0.233 e. The molecule has 0 fully saturated rings. The van der Waals surface area contributed by atoms with Crippen molar-refractivity contribution in [3.63, 3.8) is 0 Å². The molecule has 1 N–H and O–H groups in total. The first-order valence-corrected chi connectivity index (χ1v) is 10.2. The van der Waals surface area contributed by atoms with Crippen LogP contribution in [0.4, 0.5) is 5.88 Å². The fraction of sp³-hybridized carbons (Fsp3) is 0.217. The molecule has 0 saturated heterocycles. The lowest BCUT2D eigenvalue weighted by molar-refractivity contribution is -0.116. The molecule has 0 radical (unpaired) electrons. The molecule has 2 aromatic carbocycles. The number of ketones is 1. The number of hydrogen-bond donors (Lipinski definition) is 1. The van der Waals surface area contributed by atoms with Crippen molar-refractivity contribution in [1.82, 2.24) is 5.16 Å². The molecule has 28 heavy (non-hydrogen) atoms. The van der Waals surface area contributed by atoms with E-state index in [0.29, 0.717) is 12.3 Å². The van der Waals surface area contributed by atoms with Crippen LogP contribution in [0, 0.1) is 6.92 Å². The number of Topliss-reactive ketones (excluding diaryl/α,β-unsaturated/α-hetero) is 1. The number of fused-ring (bicyclic) bond motifs is 1. The standard InChI is InChI=1S/C23H19BrN2O2/c1-13-20-21(15-8-5-9-17(24)10-15)22-18(25-23(20)28-26-13)11-16(12-19(22)27)14-6-3-2-4-7-14/h2-10,16,21,25H,11-12H2,1H3/t16-,21-/m0/s1. The van der Waals surface area contributed by atoms with E-state index < -0.39 is 0 Å². The van der Waals surface area contributed by atoms with Gasteiger partial charge in [0, 0.05) is 28.1 Å². The van der Waals surface area contributed by atoms with E-state index in [1.165, 1.54) is 5.56 Å². The third-order valence-corrected chi connectivity index (χ3v) is 6.20. The Bertz CT molecular complexity index is 1100. The Balaban J connectivity index is 1.64. The minimum atomic E-state index is -0.153. The minimum Gasteiger partial charge on any atom is -0.338 e. The van der Waals surface area contributed by atoms with E-state index in [9.17, 15) is 4.79 Å². The summed E-state index contributed by atoms with van der Waals surface area (Å²) in [6, 6.07) is 18.4. The third kappa shape index (κ3) is 2.81. The van der Waals surface area contributed by atoms with E-state index in [4.69, 9.17) is 4.52 Å². The number of halogens is 1. The number of aromatic nitrogens is 1. The summed E-state index contributed by atoms with van der Waals surface area (Å²) < 4.78 is 6.57. The average molecular weight is 435 g/mol. The molecule has 5 heteroatoms. The molecule has 5 rings (SSSR count). The van der Waals surface area contributed by atoms with Gasteiger partial charge in [-0.15, -0.1) is 0 Å². The van der Waals surface area contributed by atoms with Gasteiger partial charge in [-0.05, 0) is 42.5 Å². The highest BCUT2D eigenvalue weighted by atomic mass is 79.9. The van der Waals surface area contributed by atoms with Gasteiger partial charge in [0.2, 0.25) is 5.88 Å². The summed E-state index contributed by atoms with van der Waals surface area (Å²) in [6.45, 7) is 1.93. The Morgan fingerprint density at radius 1 is 1.07 bits per heavy atom. The minimum absolute atomic E-state index is 0.153. The summed E-state index contributed by atoms with van der Waals surface area (Å²) in [5, 5.41) is 7.55. The van der Waals surface area contributed by atoms with Crippen LogP contribution < -0.4 is 5.32 Å². The van der Waals surface area contributed by atoms with E-state index in [0.717, 1.165) is 39.0 Å². The van der Waals surface area contributed by atoms with Crippen molar-refractivity contribution in [3.05, 3.63) is 92.7 Å². The van der Waals surface area contributed by atoms with Gasteiger partial charge in [0.1, 0.15) is 0 Å². The Morgan fingerprint density at radius 3 is 2.64 bits per heavy atom. The van der Waals surface area contributed by atoms with Crippen LogP contribution in [0.2, 0.25) is 0 Å². The number of anilines is 1. The second-order valence-corrected chi connectivity index (χ2v) is 8.37. The van der Waals surface area contributed by atoms with Crippen molar-refractivity contribution in [2.24, 2.45) is 0 Å². The quantitative estimate of drug-likeness (QED) is 0.561. The van der Waals surface area contributed by atoms with E-state index in [1.54, 1.807) is 0 Å². The Labute approximate surface area is 171 Å². The molecule has 0 spiro atoms. The van der Waals surface area contributed by atoms with E-state index in [1.807, 2.05) is 37.3 Å². The van der Waals surface area contributed by atoms with E-state index in [-0.39, 0.29) is 17.6 Å². The third-order valence-electron chi connectivity index (χ3n) is 5.71. The highest BCUT2D eigenvalue weighted by Crippen LogP contribution is 2.49. The van der Waals surface area contributed by atoms with Crippen molar-refractivity contribution < 1.29 is 9.32 Å². The molecule has 0 amide bonds. The predicted molar refractivity (Wildman–Crippen MR) is 111 cm³/mol. The Kier molecular flexibility index (Phi) is 4.20.